The number of nitrogen functional groups attached to an aromatic ring is 1. The Morgan fingerprint density at radius 3 is 2.35 bits per heavy atom. The molecule has 2 fully saturated rings. The number of rotatable bonds is 4. The Morgan fingerprint density at radius 2 is 1.78 bits per heavy atom. The summed E-state index contributed by atoms with van der Waals surface area (Å²) in [6.45, 7) is 0.571. The normalized spacial score (nSPS) is 32.0. The van der Waals surface area contributed by atoms with E-state index in [1.54, 1.807) is 12.1 Å². The molecule has 0 amide bonds. The van der Waals surface area contributed by atoms with Gasteiger partial charge in [0, 0.05) is 11.6 Å². The van der Waals surface area contributed by atoms with E-state index in [-0.39, 0.29) is 22.1 Å². The molecule has 128 valence electrons. The first-order chi connectivity index (χ1) is 10.9. The van der Waals surface area contributed by atoms with Crippen LogP contribution in [0.25, 0.3) is 0 Å². The van der Waals surface area contributed by atoms with Crippen LogP contribution >= 0.6 is 22.6 Å². The van der Waals surface area contributed by atoms with Crippen molar-refractivity contribution < 1.29 is 23.0 Å². The number of nitrogens with two attached hydrogens (primary N) is 1. The molecule has 0 radical (unpaired) electrons. The number of alkyl halides is 3. The van der Waals surface area contributed by atoms with Crippen LogP contribution in [0.2, 0.25) is 0 Å². The molecule has 1 saturated carbocycles. The minimum absolute atomic E-state index is 0.0608. The number of anilines is 1. The third kappa shape index (κ3) is 4.24. The number of hydrogen-bond acceptors (Lipinski definition) is 4. The number of hydrogen-bond donors (Lipinski definition) is 1. The van der Waals surface area contributed by atoms with Crippen LogP contribution in [0.15, 0.2) is 24.3 Å². The molecule has 23 heavy (non-hydrogen) atoms. The molecule has 3 rings (SSSR count). The zero-order valence-electron chi connectivity index (χ0n) is 12.6. The molecule has 1 aliphatic heterocycles. The second kappa shape index (κ2) is 7.06. The van der Waals surface area contributed by atoms with Gasteiger partial charge < -0.3 is 19.9 Å². The summed E-state index contributed by atoms with van der Waals surface area (Å²) in [5, 5.41) is 0. The predicted molar refractivity (Wildman–Crippen MR) is 90.5 cm³/mol. The fraction of sp³-hybridized carbons (Fsp3) is 0.625. The van der Waals surface area contributed by atoms with Crippen LogP contribution in [0.5, 0.6) is 5.75 Å². The van der Waals surface area contributed by atoms with E-state index < -0.39 is 12.0 Å². The molecule has 1 saturated heterocycles. The second-order valence-corrected chi connectivity index (χ2v) is 7.48. The highest BCUT2D eigenvalue weighted by atomic mass is 127. The highest BCUT2D eigenvalue weighted by Gasteiger charge is 2.45. The lowest BCUT2D eigenvalue weighted by atomic mass is 9.81. The van der Waals surface area contributed by atoms with Gasteiger partial charge in [-0.05, 0) is 72.5 Å². The molecule has 4 nitrogen and oxygen atoms in total. The molecule has 2 atom stereocenters. The van der Waals surface area contributed by atoms with Crippen molar-refractivity contribution in [2.45, 2.75) is 42.2 Å². The lowest BCUT2D eigenvalue weighted by Crippen LogP contribution is -2.39. The Balaban J connectivity index is 1.54. The topological polar surface area (TPSA) is 53.7 Å². The molecule has 1 aromatic carbocycles. The van der Waals surface area contributed by atoms with E-state index in [9.17, 15) is 8.78 Å². The molecule has 7 heteroatoms. The highest BCUT2D eigenvalue weighted by molar-refractivity contribution is 14.1. The van der Waals surface area contributed by atoms with Crippen molar-refractivity contribution >= 4 is 28.3 Å². The molecule has 2 N–H and O–H groups in total. The van der Waals surface area contributed by atoms with Crippen LogP contribution in [0.3, 0.4) is 0 Å². The summed E-state index contributed by atoms with van der Waals surface area (Å²) < 4.78 is 44.9. The molecule has 1 aliphatic carbocycles. The molecule has 0 aromatic heterocycles. The minimum Gasteiger partial charge on any atom is -0.432 e. The quantitative estimate of drug-likeness (QED) is 0.435. The minimum atomic E-state index is -3.18. The van der Waals surface area contributed by atoms with Crippen molar-refractivity contribution in [1.29, 1.82) is 0 Å². The van der Waals surface area contributed by atoms with Crippen molar-refractivity contribution in [3.05, 3.63) is 24.3 Å². The fourth-order valence-electron chi connectivity index (χ4n) is 3.15. The van der Waals surface area contributed by atoms with Gasteiger partial charge in [0.05, 0.1) is 12.5 Å². The van der Waals surface area contributed by atoms with Gasteiger partial charge in [-0.1, -0.05) is 0 Å². The van der Waals surface area contributed by atoms with Gasteiger partial charge in [-0.15, -0.1) is 0 Å². The smallest absolute Gasteiger partial charge is 0.400 e. The van der Waals surface area contributed by atoms with Crippen LogP contribution in [0.1, 0.15) is 25.7 Å². The van der Waals surface area contributed by atoms with Crippen molar-refractivity contribution in [1.82, 2.24) is 0 Å². The summed E-state index contributed by atoms with van der Waals surface area (Å²) in [5.41, 5.74) is 6.07. The second-order valence-electron chi connectivity index (χ2n) is 6.09. The largest absolute Gasteiger partial charge is 0.432 e. The molecular weight excluding hydrogens is 419 g/mol. The van der Waals surface area contributed by atoms with Gasteiger partial charge in [0.2, 0.25) is 0 Å². The first-order valence-corrected chi connectivity index (χ1v) is 9.02. The van der Waals surface area contributed by atoms with Crippen LogP contribution in [-0.4, -0.2) is 23.1 Å². The monoisotopic (exact) mass is 439 g/mol. The van der Waals surface area contributed by atoms with Gasteiger partial charge in [0.25, 0.3) is 0 Å². The van der Waals surface area contributed by atoms with Gasteiger partial charge in [0.15, 0.2) is 6.29 Å². The molecule has 2 unspecified atom stereocenters. The van der Waals surface area contributed by atoms with E-state index in [2.05, 4.69) is 22.6 Å². The molecule has 0 spiro atoms. The van der Waals surface area contributed by atoms with E-state index in [1.807, 2.05) is 0 Å². The lowest BCUT2D eigenvalue weighted by molar-refractivity contribution is -0.227. The van der Waals surface area contributed by atoms with Gasteiger partial charge in [0.1, 0.15) is 9.86 Å². The van der Waals surface area contributed by atoms with E-state index in [0.717, 1.165) is 0 Å². The fourth-order valence-corrected chi connectivity index (χ4v) is 3.64. The third-order valence-corrected chi connectivity index (χ3v) is 5.09. The Labute approximate surface area is 147 Å². The van der Waals surface area contributed by atoms with Crippen LogP contribution in [-0.2, 0) is 9.47 Å². The highest BCUT2D eigenvalue weighted by Crippen LogP contribution is 2.42. The number of ether oxygens (including phenoxy) is 3. The van der Waals surface area contributed by atoms with Crippen molar-refractivity contribution in [3.63, 3.8) is 0 Å². The first-order valence-electron chi connectivity index (χ1n) is 7.77. The van der Waals surface area contributed by atoms with E-state index in [4.69, 9.17) is 19.9 Å². The predicted octanol–water partition coefficient (Wildman–Crippen LogP) is 4.18. The first kappa shape index (κ1) is 17.2. The van der Waals surface area contributed by atoms with Crippen LogP contribution < -0.4 is 10.5 Å². The maximum atomic E-state index is 14.3. The molecule has 2 aliphatic rings. The third-order valence-electron chi connectivity index (χ3n) is 4.44. The zero-order chi connectivity index (χ0) is 16.4. The Kier molecular flexibility index (Phi) is 5.27. The summed E-state index contributed by atoms with van der Waals surface area (Å²) in [6.07, 6.45) is -1.28. The van der Waals surface area contributed by atoms with Crippen molar-refractivity contribution in [2.75, 3.05) is 12.3 Å². The Bertz CT molecular complexity index is 521. The van der Waals surface area contributed by atoms with Crippen molar-refractivity contribution in [3.8, 4) is 5.75 Å². The average Bonchev–Trinajstić information content (AvgIpc) is 2.96. The van der Waals surface area contributed by atoms with Gasteiger partial charge in [-0.25, -0.2) is 0 Å². The van der Waals surface area contributed by atoms with Crippen LogP contribution in [0, 0.1) is 11.8 Å². The van der Waals surface area contributed by atoms with Crippen molar-refractivity contribution in [2.24, 2.45) is 11.8 Å². The maximum Gasteiger partial charge on any atom is 0.400 e. The summed E-state index contributed by atoms with van der Waals surface area (Å²) in [6, 6.07) is 6.04. The maximum absolute atomic E-state index is 14.3. The van der Waals surface area contributed by atoms with Gasteiger partial charge in [-0.3, -0.25) is 0 Å². The van der Waals surface area contributed by atoms with Gasteiger partial charge in [-0.2, -0.15) is 8.78 Å². The molecule has 1 heterocycles. The summed E-state index contributed by atoms with van der Waals surface area (Å²) in [4.78, 5) is 0. The summed E-state index contributed by atoms with van der Waals surface area (Å²) in [5.74, 6) is -0.451. The molecular formula is C16H20F2INO3. The average molecular weight is 439 g/mol. The van der Waals surface area contributed by atoms with Crippen LogP contribution in [0.4, 0.5) is 14.5 Å². The van der Waals surface area contributed by atoms with Gasteiger partial charge >= 0.3 is 6.11 Å². The Morgan fingerprint density at radius 1 is 1.13 bits per heavy atom. The van der Waals surface area contributed by atoms with E-state index in [1.165, 1.54) is 12.1 Å². The Hall–Kier alpha value is -0.670. The molecule has 0 bridgehead atoms. The zero-order valence-corrected chi connectivity index (χ0v) is 14.7. The molecule has 1 aromatic rings. The number of benzene rings is 1. The van der Waals surface area contributed by atoms with E-state index in [0.29, 0.717) is 38.0 Å². The summed E-state index contributed by atoms with van der Waals surface area (Å²) >= 11 is 2.18. The number of halogens is 3. The summed E-state index contributed by atoms with van der Waals surface area (Å²) in [7, 11) is 0. The SMILES string of the molecule is Nc1ccc(OC(F)(F)C2CCC(C3OCC(I)O3)CC2)cc1. The standard InChI is InChI=1S/C16H20F2INO3/c17-16(18,23-13-7-5-12(20)6-8-13)11-3-1-10(2-4-11)15-21-9-14(19)22-15/h5-8,10-11,14-15H,1-4,9,20H2. The van der Waals surface area contributed by atoms with E-state index >= 15 is 0 Å². The lowest BCUT2D eigenvalue weighted by Gasteiger charge is -2.34.